The van der Waals surface area contributed by atoms with E-state index in [0.29, 0.717) is 12.0 Å². The van der Waals surface area contributed by atoms with Crippen LogP contribution in [0.25, 0.3) is 0 Å². The van der Waals surface area contributed by atoms with Crippen molar-refractivity contribution < 1.29 is 4.39 Å². The summed E-state index contributed by atoms with van der Waals surface area (Å²) < 4.78 is 13.1. The van der Waals surface area contributed by atoms with Crippen molar-refractivity contribution >= 4 is 0 Å². The van der Waals surface area contributed by atoms with Gasteiger partial charge in [-0.25, -0.2) is 4.39 Å². The molecule has 0 aliphatic carbocycles. The van der Waals surface area contributed by atoms with Crippen LogP contribution in [0.1, 0.15) is 51.8 Å². The van der Waals surface area contributed by atoms with E-state index in [1.807, 2.05) is 0 Å². The summed E-state index contributed by atoms with van der Waals surface area (Å²) in [5, 5.41) is 3.51. The third-order valence-corrected chi connectivity index (χ3v) is 4.53. The van der Waals surface area contributed by atoms with E-state index in [2.05, 4.69) is 36.0 Å². The average molecular weight is 293 g/mol. The third-order valence-electron chi connectivity index (χ3n) is 4.53. The van der Waals surface area contributed by atoms with Crippen molar-refractivity contribution in [2.24, 2.45) is 5.92 Å². The van der Waals surface area contributed by atoms with E-state index >= 15 is 0 Å². The molecule has 3 unspecified atom stereocenters. The van der Waals surface area contributed by atoms with Crippen molar-refractivity contribution in [3.05, 3.63) is 29.8 Å². The Morgan fingerprint density at radius 2 is 2.24 bits per heavy atom. The molecule has 1 aliphatic rings. The lowest BCUT2D eigenvalue weighted by molar-refractivity contribution is 0.127. The van der Waals surface area contributed by atoms with Crippen LogP contribution in [0, 0.1) is 11.7 Å². The number of pyridine rings is 1. The Labute approximate surface area is 127 Å². The quantitative estimate of drug-likeness (QED) is 0.871. The van der Waals surface area contributed by atoms with Crippen molar-refractivity contribution in [2.75, 3.05) is 19.6 Å². The highest BCUT2D eigenvalue weighted by Gasteiger charge is 2.25. The summed E-state index contributed by atoms with van der Waals surface area (Å²) >= 11 is 0. The van der Waals surface area contributed by atoms with Crippen LogP contribution >= 0.6 is 0 Å². The normalized spacial score (nSPS) is 23.0. The first-order valence-corrected chi connectivity index (χ1v) is 8.20. The average Bonchev–Trinajstić information content (AvgIpc) is 2.48. The fourth-order valence-corrected chi connectivity index (χ4v) is 3.29. The molecule has 0 amide bonds. The Morgan fingerprint density at radius 3 is 2.86 bits per heavy atom. The lowest BCUT2D eigenvalue weighted by Gasteiger charge is -2.37. The fraction of sp³-hybridized carbons (Fsp3) is 0.706. The van der Waals surface area contributed by atoms with Gasteiger partial charge in [-0.2, -0.15) is 0 Å². The monoisotopic (exact) mass is 293 g/mol. The van der Waals surface area contributed by atoms with E-state index in [1.54, 1.807) is 6.07 Å². The molecule has 1 aromatic heterocycles. The minimum Gasteiger partial charge on any atom is -0.309 e. The van der Waals surface area contributed by atoms with Gasteiger partial charge in [-0.05, 0) is 50.9 Å². The van der Waals surface area contributed by atoms with Crippen LogP contribution in [0.4, 0.5) is 4.39 Å². The molecule has 1 N–H and O–H groups in total. The molecule has 2 heterocycles. The number of aromatic nitrogens is 1. The van der Waals surface area contributed by atoms with E-state index in [9.17, 15) is 4.39 Å². The maximum atomic E-state index is 13.1. The fourth-order valence-electron chi connectivity index (χ4n) is 3.29. The van der Waals surface area contributed by atoms with Gasteiger partial charge in [0.05, 0.1) is 17.9 Å². The molecule has 0 radical (unpaired) electrons. The van der Waals surface area contributed by atoms with Crippen LogP contribution in [-0.4, -0.2) is 35.6 Å². The van der Waals surface area contributed by atoms with Gasteiger partial charge in [-0.15, -0.1) is 0 Å². The van der Waals surface area contributed by atoms with Crippen molar-refractivity contribution in [1.82, 2.24) is 15.2 Å². The zero-order chi connectivity index (χ0) is 15.2. The maximum absolute atomic E-state index is 13.1. The van der Waals surface area contributed by atoms with Crippen molar-refractivity contribution in [2.45, 2.75) is 52.1 Å². The molecule has 1 saturated heterocycles. The van der Waals surface area contributed by atoms with Gasteiger partial charge < -0.3 is 10.2 Å². The lowest BCUT2D eigenvalue weighted by Crippen LogP contribution is -2.43. The molecule has 3 nitrogen and oxygen atoms in total. The predicted octanol–water partition coefficient (Wildman–Crippen LogP) is 3.38. The van der Waals surface area contributed by atoms with Crippen molar-refractivity contribution in [1.29, 1.82) is 0 Å². The van der Waals surface area contributed by atoms with Gasteiger partial charge in [-0.1, -0.05) is 20.3 Å². The third kappa shape index (κ3) is 4.48. The van der Waals surface area contributed by atoms with E-state index in [1.165, 1.54) is 38.1 Å². The van der Waals surface area contributed by atoms with Gasteiger partial charge >= 0.3 is 0 Å². The molecular formula is C17H28FN3. The van der Waals surface area contributed by atoms with Crippen molar-refractivity contribution in [3.8, 4) is 0 Å². The van der Waals surface area contributed by atoms with Crippen LogP contribution < -0.4 is 5.32 Å². The summed E-state index contributed by atoms with van der Waals surface area (Å²) in [4.78, 5) is 6.86. The summed E-state index contributed by atoms with van der Waals surface area (Å²) in [6, 6.07) is 4.16. The van der Waals surface area contributed by atoms with Gasteiger partial charge in [0, 0.05) is 12.6 Å². The van der Waals surface area contributed by atoms with E-state index in [-0.39, 0.29) is 11.9 Å². The summed E-state index contributed by atoms with van der Waals surface area (Å²) in [7, 11) is 0. The second-order valence-corrected chi connectivity index (χ2v) is 6.25. The molecule has 1 aliphatic heterocycles. The van der Waals surface area contributed by atoms with Gasteiger partial charge in [0.25, 0.3) is 0 Å². The minimum absolute atomic E-state index is 0.185. The van der Waals surface area contributed by atoms with Gasteiger partial charge in [0.15, 0.2) is 0 Å². The van der Waals surface area contributed by atoms with Crippen LogP contribution in [0.15, 0.2) is 18.3 Å². The smallest absolute Gasteiger partial charge is 0.141 e. The first-order chi connectivity index (χ1) is 10.1. The zero-order valence-electron chi connectivity index (χ0n) is 13.5. The Morgan fingerprint density at radius 1 is 1.43 bits per heavy atom. The van der Waals surface area contributed by atoms with Gasteiger partial charge in [0.1, 0.15) is 5.82 Å². The Hall–Kier alpha value is -1.00. The first kappa shape index (κ1) is 16.4. The van der Waals surface area contributed by atoms with Crippen LogP contribution in [-0.2, 0) is 0 Å². The number of hydrogen-bond acceptors (Lipinski definition) is 3. The first-order valence-electron chi connectivity index (χ1n) is 8.20. The molecular weight excluding hydrogens is 265 g/mol. The maximum Gasteiger partial charge on any atom is 0.141 e. The molecule has 0 spiro atoms. The Balaban J connectivity index is 2.04. The van der Waals surface area contributed by atoms with Gasteiger partial charge in [-0.3, -0.25) is 4.98 Å². The van der Waals surface area contributed by atoms with E-state index in [4.69, 9.17) is 0 Å². The van der Waals surface area contributed by atoms with Crippen molar-refractivity contribution in [3.63, 3.8) is 0 Å². The van der Waals surface area contributed by atoms with Crippen LogP contribution in [0.5, 0.6) is 0 Å². The Kier molecular flexibility index (Phi) is 6.12. The summed E-state index contributed by atoms with van der Waals surface area (Å²) in [5.74, 6) is 0.176. The number of nitrogens with one attached hydrogen (secondary N) is 1. The topological polar surface area (TPSA) is 28.2 Å². The molecule has 0 saturated carbocycles. The summed E-state index contributed by atoms with van der Waals surface area (Å²) in [5.41, 5.74) is 0.940. The predicted molar refractivity (Wildman–Crippen MR) is 84.7 cm³/mol. The Bertz CT molecular complexity index is 421. The standard InChI is InChI=1S/C17H28FN3/c1-4-19-17(16-9-8-15(18)11-20-16)13(2)12-21-10-6-5-7-14(21)3/h8-9,11,13-14,17,19H,4-7,10,12H2,1-3H3. The molecule has 118 valence electrons. The van der Waals surface area contributed by atoms with Crippen LogP contribution in [0.3, 0.4) is 0 Å². The molecule has 3 atom stereocenters. The molecule has 1 aromatic rings. The highest BCUT2D eigenvalue weighted by molar-refractivity contribution is 5.11. The highest BCUT2D eigenvalue weighted by atomic mass is 19.1. The summed E-state index contributed by atoms with van der Waals surface area (Å²) in [6.07, 6.45) is 5.27. The number of halogens is 1. The zero-order valence-corrected chi connectivity index (χ0v) is 13.5. The molecule has 1 fully saturated rings. The number of likely N-dealkylation sites (tertiary alicyclic amines) is 1. The molecule has 4 heteroatoms. The minimum atomic E-state index is -0.272. The molecule has 0 aromatic carbocycles. The lowest BCUT2D eigenvalue weighted by atomic mass is 9.95. The second-order valence-electron chi connectivity index (χ2n) is 6.25. The number of rotatable bonds is 6. The summed E-state index contributed by atoms with van der Waals surface area (Å²) in [6.45, 7) is 9.85. The number of hydrogen-bond donors (Lipinski definition) is 1. The molecule has 2 rings (SSSR count). The SMILES string of the molecule is CCNC(c1ccc(F)cn1)C(C)CN1CCCCC1C. The highest BCUT2D eigenvalue weighted by Crippen LogP contribution is 2.24. The van der Waals surface area contributed by atoms with Gasteiger partial charge in [0.2, 0.25) is 0 Å². The second kappa shape index (κ2) is 7.85. The van der Waals surface area contributed by atoms with E-state index in [0.717, 1.165) is 18.8 Å². The molecule has 21 heavy (non-hydrogen) atoms. The molecule has 0 bridgehead atoms. The largest absolute Gasteiger partial charge is 0.309 e. The van der Waals surface area contributed by atoms with Crippen LogP contribution in [0.2, 0.25) is 0 Å². The van der Waals surface area contributed by atoms with E-state index < -0.39 is 0 Å². The number of nitrogens with zero attached hydrogens (tertiary/aromatic N) is 2. The number of piperidine rings is 1.